The lowest BCUT2D eigenvalue weighted by Crippen LogP contribution is -2.40. The number of nitrogens with zero attached hydrogens (tertiary/aromatic N) is 3. The molecule has 3 rings (SSSR count). The van der Waals surface area contributed by atoms with Crippen molar-refractivity contribution in [1.29, 1.82) is 5.26 Å². The maximum atomic E-state index is 10.2. The number of aliphatic hydroxyl groups is 3. The Kier molecular flexibility index (Phi) is 3.07. The van der Waals surface area contributed by atoms with Crippen molar-refractivity contribution < 1.29 is 20.1 Å². The first-order valence-electron chi connectivity index (χ1n) is 6.34. The summed E-state index contributed by atoms with van der Waals surface area (Å²) in [5, 5.41) is 42.9. The Balaban J connectivity index is 2.20. The molecule has 110 valence electrons. The Labute approximate surface area is 119 Å². The van der Waals surface area contributed by atoms with E-state index < -0.39 is 30.5 Å². The monoisotopic (exact) mass is 290 g/mol. The Morgan fingerprint density at radius 2 is 2.19 bits per heavy atom. The molecule has 0 amide bonds. The lowest BCUT2D eigenvalue weighted by molar-refractivity contribution is -0.0642. The minimum absolute atomic E-state index is 0.245. The topological polar surface area (TPSA) is 137 Å². The Morgan fingerprint density at radius 1 is 1.43 bits per heavy atom. The average molecular weight is 290 g/mol. The van der Waals surface area contributed by atoms with Gasteiger partial charge in [-0.1, -0.05) is 0 Å². The minimum Gasteiger partial charge on any atom is -0.397 e. The highest BCUT2D eigenvalue weighted by Gasteiger charge is 2.57. The predicted molar refractivity (Wildman–Crippen MR) is 70.9 cm³/mol. The summed E-state index contributed by atoms with van der Waals surface area (Å²) in [6.45, 7) is -0.513. The number of nitrogen functional groups attached to an aromatic ring is 1. The summed E-state index contributed by atoms with van der Waals surface area (Å²) in [6.07, 6.45) is -2.48. The number of nitrogens with two attached hydrogens (primary N) is 1. The van der Waals surface area contributed by atoms with Gasteiger partial charge in [-0.3, -0.25) is 0 Å². The van der Waals surface area contributed by atoms with Crippen LogP contribution in [0.3, 0.4) is 0 Å². The SMILES string of the molecule is N#C[C@@]1(c2ccc3c(N)ccnn23)O[C@H](CO)[C@@H](O)[C@H]1O. The second-order valence-corrected chi connectivity index (χ2v) is 4.92. The van der Waals surface area contributed by atoms with Gasteiger partial charge in [-0.2, -0.15) is 10.4 Å². The van der Waals surface area contributed by atoms with Crippen LogP contribution < -0.4 is 5.73 Å². The van der Waals surface area contributed by atoms with Gasteiger partial charge in [0.05, 0.1) is 23.5 Å². The van der Waals surface area contributed by atoms with Crippen LogP contribution in [0.4, 0.5) is 5.69 Å². The molecule has 0 unspecified atom stereocenters. The van der Waals surface area contributed by atoms with Gasteiger partial charge >= 0.3 is 0 Å². The molecule has 1 aliphatic rings. The zero-order chi connectivity index (χ0) is 15.2. The molecule has 2 aromatic heterocycles. The molecule has 8 nitrogen and oxygen atoms in total. The summed E-state index contributed by atoms with van der Waals surface area (Å²) < 4.78 is 6.83. The van der Waals surface area contributed by atoms with Crippen molar-refractivity contribution >= 4 is 11.2 Å². The van der Waals surface area contributed by atoms with Crippen LogP contribution in [0.25, 0.3) is 5.52 Å². The fourth-order valence-corrected chi connectivity index (χ4v) is 2.65. The van der Waals surface area contributed by atoms with Crippen molar-refractivity contribution in [1.82, 2.24) is 9.61 Å². The lowest BCUT2D eigenvalue weighted by Gasteiger charge is -2.24. The van der Waals surface area contributed by atoms with Gasteiger partial charge in [-0.05, 0) is 18.2 Å². The van der Waals surface area contributed by atoms with Gasteiger partial charge < -0.3 is 25.8 Å². The van der Waals surface area contributed by atoms with Crippen LogP contribution in [-0.2, 0) is 10.3 Å². The van der Waals surface area contributed by atoms with Gasteiger partial charge in [0.25, 0.3) is 0 Å². The molecule has 1 fully saturated rings. The Hall–Kier alpha value is -2.18. The number of rotatable bonds is 2. The van der Waals surface area contributed by atoms with Gasteiger partial charge in [0, 0.05) is 6.20 Å². The van der Waals surface area contributed by atoms with E-state index in [4.69, 9.17) is 10.5 Å². The van der Waals surface area contributed by atoms with Crippen LogP contribution in [0.5, 0.6) is 0 Å². The molecule has 5 N–H and O–H groups in total. The normalized spacial score (nSPS) is 32.4. The van der Waals surface area contributed by atoms with Crippen molar-refractivity contribution in [3.05, 3.63) is 30.1 Å². The Bertz CT molecular complexity index is 725. The van der Waals surface area contributed by atoms with Gasteiger partial charge in [-0.25, -0.2) is 4.52 Å². The zero-order valence-electron chi connectivity index (χ0n) is 10.9. The first kappa shape index (κ1) is 13.8. The van der Waals surface area contributed by atoms with Crippen molar-refractivity contribution in [2.75, 3.05) is 12.3 Å². The summed E-state index contributed by atoms with van der Waals surface area (Å²) in [5.74, 6) is 0. The Morgan fingerprint density at radius 3 is 2.81 bits per heavy atom. The molecule has 0 spiro atoms. The molecule has 2 aromatic rings. The standard InChI is InChI=1S/C13H14N4O4/c14-6-13(12(20)11(19)9(5-18)21-13)10-2-1-8-7(15)3-4-16-17(8)10/h1-4,9,11-12,18-20H,5,15H2/t9-,11-,12-,13+/m1/s1. The highest BCUT2D eigenvalue weighted by atomic mass is 16.6. The van der Waals surface area contributed by atoms with Crippen LogP contribution in [0, 0.1) is 11.3 Å². The quantitative estimate of drug-likeness (QED) is 0.542. The van der Waals surface area contributed by atoms with Crippen LogP contribution in [0.2, 0.25) is 0 Å². The molecular formula is C13H14N4O4. The molecule has 1 saturated heterocycles. The summed E-state index contributed by atoms with van der Waals surface area (Å²) in [6, 6.07) is 6.70. The number of anilines is 1. The summed E-state index contributed by atoms with van der Waals surface area (Å²) >= 11 is 0. The highest BCUT2D eigenvalue weighted by Crippen LogP contribution is 2.40. The molecule has 0 aromatic carbocycles. The largest absolute Gasteiger partial charge is 0.397 e. The molecule has 3 heterocycles. The van der Waals surface area contributed by atoms with Gasteiger partial charge in [0.2, 0.25) is 5.60 Å². The molecular weight excluding hydrogens is 276 g/mol. The van der Waals surface area contributed by atoms with Crippen molar-refractivity contribution in [2.24, 2.45) is 0 Å². The third kappa shape index (κ3) is 1.73. The van der Waals surface area contributed by atoms with Gasteiger partial charge in [0.15, 0.2) is 0 Å². The molecule has 1 aliphatic heterocycles. The number of hydrogen-bond acceptors (Lipinski definition) is 7. The summed E-state index contributed by atoms with van der Waals surface area (Å²) in [7, 11) is 0. The van der Waals surface area contributed by atoms with E-state index in [0.29, 0.717) is 11.2 Å². The van der Waals surface area contributed by atoms with Gasteiger partial charge in [0.1, 0.15) is 24.4 Å². The van der Waals surface area contributed by atoms with E-state index in [9.17, 15) is 20.6 Å². The van der Waals surface area contributed by atoms with E-state index in [-0.39, 0.29) is 5.69 Å². The van der Waals surface area contributed by atoms with E-state index in [1.165, 1.54) is 10.7 Å². The fourth-order valence-electron chi connectivity index (χ4n) is 2.65. The maximum Gasteiger partial charge on any atom is 0.225 e. The number of nitriles is 1. The first-order valence-corrected chi connectivity index (χ1v) is 6.34. The van der Waals surface area contributed by atoms with E-state index in [0.717, 1.165) is 0 Å². The van der Waals surface area contributed by atoms with E-state index in [1.54, 1.807) is 18.2 Å². The molecule has 0 bridgehead atoms. The van der Waals surface area contributed by atoms with Crippen LogP contribution in [-0.4, -0.2) is 49.9 Å². The van der Waals surface area contributed by atoms with Crippen LogP contribution in [0.1, 0.15) is 5.69 Å². The highest BCUT2D eigenvalue weighted by molar-refractivity contribution is 5.69. The van der Waals surface area contributed by atoms with Crippen molar-refractivity contribution in [3.63, 3.8) is 0 Å². The lowest BCUT2D eigenvalue weighted by atomic mass is 9.92. The van der Waals surface area contributed by atoms with Crippen molar-refractivity contribution in [3.8, 4) is 6.07 Å². The first-order chi connectivity index (χ1) is 10.0. The predicted octanol–water partition coefficient (Wildman–Crippen LogP) is -1.25. The third-order valence-corrected chi connectivity index (χ3v) is 3.77. The number of ether oxygens (including phenoxy) is 1. The van der Waals surface area contributed by atoms with E-state index >= 15 is 0 Å². The second-order valence-electron chi connectivity index (χ2n) is 4.92. The smallest absolute Gasteiger partial charge is 0.225 e. The number of aliphatic hydroxyl groups excluding tert-OH is 3. The third-order valence-electron chi connectivity index (χ3n) is 3.77. The fraction of sp³-hybridized carbons (Fsp3) is 0.385. The summed E-state index contributed by atoms with van der Waals surface area (Å²) in [5.41, 5.74) is 5.27. The molecule has 8 heteroatoms. The number of hydrogen-bond donors (Lipinski definition) is 4. The summed E-state index contributed by atoms with van der Waals surface area (Å²) in [4.78, 5) is 0. The molecule has 0 aliphatic carbocycles. The molecule has 0 radical (unpaired) electrons. The number of fused-ring (bicyclic) bond motifs is 1. The molecule has 4 atom stereocenters. The molecule has 21 heavy (non-hydrogen) atoms. The zero-order valence-corrected chi connectivity index (χ0v) is 10.9. The van der Waals surface area contributed by atoms with Gasteiger partial charge in [-0.15, -0.1) is 0 Å². The maximum absolute atomic E-state index is 10.2. The van der Waals surface area contributed by atoms with Crippen molar-refractivity contribution in [2.45, 2.75) is 23.9 Å². The second kappa shape index (κ2) is 4.68. The van der Waals surface area contributed by atoms with Crippen LogP contribution in [0.15, 0.2) is 24.4 Å². The average Bonchev–Trinajstić information content (AvgIpc) is 3.03. The van der Waals surface area contributed by atoms with Crippen LogP contribution >= 0.6 is 0 Å². The van der Waals surface area contributed by atoms with E-state index in [1.807, 2.05) is 6.07 Å². The minimum atomic E-state index is -1.82. The number of aromatic nitrogens is 2. The molecule has 0 saturated carbocycles. The van der Waals surface area contributed by atoms with E-state index in [2.05, 4.69) is 5.10 Å².